The summed E-state index contributed by atoms with van der Waals surface area (Å²) in [6.07, 6.45) is -1.05. The Labute approximate surface area is 160 Å². The lowest BCUT2D eigenvalue weighted by Crippen LogP contribution is -2.33. The van der Waals surface area contributed by atoms with Crippen LogP contribution in [0.1, 0.15) is 23.7 Å². The van der Waals surface area contributed by atoms with Crippen LogP contribution in [0.15, 0.2) is 53.4 Å². The largest absolute Gasteiger partial charge is 0.454 e. The van der Waals surface area contributed by atoms with Crippen molar-refractivity contribution in [2.45, 2.75) is 29.6 Å². The molecule has 0 spiro atoms. The van der Waals surface area contributed by atoms with Crippen LogP contribution in [0.3, 0.4) is 0 Å². The van der Waals surface area contributed by atoms with E-state index in [2.05, 4.69) is 5.32 Å². The Morgan fingerprint density at radius 1 is 1.19 bits per heavy atom. The SMILES string of the molecule is C[C@@H](OC(=O)C[C@@H]1Sc2ccccc2NC1=O)C(=O)c1ccc(Cl)cc1. The van der Waals surface area contributed by atoms with Crippen molar-refractivity contribution in [2.24, 2.45) is 0 Å². The van der Waals surface area contributed by atoms with E-state index >= 15 is 0 Å². The number of nitrogens with one attached hydrogen (secondary N) is 1. The molecule has 26 heavy (non-hydrogen) atoms. The topological polar surface area (TPSA) is 72.5 Å². The fourth-order valence-corrected chi connectivity index (χ4v) is 3.75. The van der Waals surface area contributed by atoms with Crippen molar-refractivity contribution in [2.75, 3.05) is 5.32 Å². The summed E-state index contributed by atoms with van der Waals surface area (Å²) in [5.41, 5.74) is 1.15. The first-order chi connectivity index (χ1) is 12.4. The van der Waals surface area contributed by atoms with Crippen LogP contribution in [0.2, 0.25) is 5.02 Å². The Morgan fingerprint density at radius 2 is 1.88 bits per heavy atom. The van der Waals surface area contributed by atoms with Crippen molar-refractivity contribution in [3.63, 3.8) is 0 Å². The molecule has 0 aliphatic carbocycles. The molecule has 1 aliphatic heterocycles. The molecule has 0 saturated heterocycles. The van der Waals surface area contributed by atoms with Crippen LogP contribution < -0.4 is 5.32 Å². The summed E-state index contributed by atoms with van der Waals surface area (Å²) in [6.45, 7) is 1.51. The van der Waals surface area contributed by atoms with E-state index in [4.69, 9.17) is 16.3 Å². The second kappa shape index (κ2) is 7.93. The number of thioether (sulfide) groups is 1. The predicted octanol–water partition coefficient (Wildman–Crippen LogP) is 3.96. The summed E-state index contributed by atoms with van der Waals surface area (Å²) < 4.78 is 5.22. The number of rotatable bonds is 5. The fourth-order valence-electron chi connectivity index (χ4n) is 2.53. The highest BCUT2D eigenvalue weighted by Gasteiger charge is 2.30. The minimum atomic E-state index is -0.937. The van der Waals surface area contributed by atoms with Gasteiger partial charge in [-0.2, -0.15) is 0 Å². The monoisotopic (exact) mass is 389 g/mol. The molecule has 1 N–H and O–H groups in total. The van der Waals surface area contributed by atoms with Gasteiger partial charge in [-0.15, -0.1) is 11.8 Å². The average molecular weight is 390 g/mol. The van der Waals surface area contributed by atoms with Crippen molar-refractivity contribution in [1.29, 1.82) is 0 Å². The van der Waals surface area contributed by atoms with E-state index < -0.39 is 17.3 Å². The third-order valence-electron chi connectivity index (χ3n) is 3.86. The maximum absolute atomic E-state index is 12.3. The zero-order chi connectivity index (χ0) is 18.7. The molecule has 3 rings (SSSR count). The summed E-state index contributed by atoms with van der Waals surface area (Å²) in [5.74, 6) is -1.16. The molecule has 0 fully saturated rings. The van der Waals surface area contributed by atoms with Gasteiger partial charge in [0.2, 0.25) is 11.7 Å². The van der Waals surface area contributed by atoms with E-state index in [1.807, 2.05) is 24.3 Å². The molecule has 0 unspecified atom stereocenters. The molecule has 5 nitrogen and oxygen atoms in total. The summed E-state index contributed by atoms with van der Waals surface area (Å²) in [6, 6.07) is 13.7. The number of carbonyl (C=O) groups excluding carboxylic acids is 3. The molecular formula is C19H16ClNO4S. The quantitative estimate of drug-likeness (QED) is 0.619. The van der Waals surface area contributed by atoms with Gasteiger partial charge in [-0.05, 0) is 43.3 Å². The number of carbonyl (C=O) groups is 3. The zero-order valence-corrected chi connectivity index (χ0v) is 15.5. The lowest BCUT2D eigenvalue weighted by atomic mass is 10.1. The fraction of sp³-hybridized carbons (Fsp3) is 0.211. The summed E-state index contributed by atoms with van der Waals surface area (Å²) >= 11 is 7.12. The van der Waals surface area contributed by atoms with Crippen LogP contribution in [0, 0.1) is 0 Å². The molecule has 2 aromatic rings. The van der Waals surface area contributed by atoms with Gasteiger partial charge in [0.05, 0.1) is 17.4 Å². The number of para-hydroxylation sites is 1. The first kappa shape index (κ1) is 18.5. The molecule has 2 atom stereocenters. The van der Waals surface area contributed by atoms with Crippen molar-refractivity contribution < 1.29 is 19.1 Å². The third-order valence-corrected chi connectivity index (χ3v) is 5.39. The molecule has 2 aromatic carbocycles. The van der Waals surface area contributed by atoms with Gasteiger partial charge < -0.3 is 10.1 Å². The van der Waals surface area contributed by atoms with Crippen molar-refractivity contribution >= 4 is 46.7 Å². The molecule has 1 heterocycles. The predicted molar refractivity (Wildman–Crippen MR) is 101 cm³/mol. The van der Waals surface area contributed by atoms with Crippen molar-refractivity contribution in [1.82, 2.24) is 0 Å². The number of fused-ring (bicyclic) bond motifs is 1. The number of ether oxygens (including phenoxy) is 1. The third kappa shape index (κ3) is 4.26. The number of amides is 1. The maximum atomic E-state index is 12.3. The maximum Gasteiger partial charge on any atom is 0.308 e. The van der Waals surface area contributed by atoms with Crippen molar-refractivity contribution in [3.05, 3.63) is 59.1 Å². The number of Topliss-reactive ketones (excluding diaryl/α,β-unsaturated/α-hetero) is 1. The first-order valence-electron chi connectivity index (χ1n) is 8.00. The Morgan fingerprint density at radius 3 is 2.62 bits per heavy atom. The molecule has 0 saturated carbocycles. The van der Waals surface area contributed by atoms with Crippen LogP contribution in [0.5, 0.6) is 0 Å². The van der Waals surface area contributed by atoms with Crippen LogP contribution in [-0.2, 0) is 14.3 Å². The number of halogens is 1. The molecule has 0 aromatic heterocycles. The van der Waals surface area contributed by atoms with E-state index in [0.29, 0.717) is 10.6 Å². The molecule has 7 heteroatoms. The van der Waals surface area contributed by atoms with E-state index in [9.17, 15) is 14.4 Å². The van der Waals surface area contributed by atoms with E-state index in [1.165, 1.54) is 18.7 Å². The number of hydrogen-bond donors (Lipinski definition) is 1. The van der Waals surface area contributed by atoms with E-state index in [1.54, 1.807) is 24.3 Å². The highest BCUT2D eigenvalue weighted by atomic mass is 35.5. The Balaban J connectivity index is 1.59. The second-order valence-corrected chi connectivity index (χ2v) is 7.48. The molecule has 1 aliphatic rings. The minimum absolute atomic E-state index is 0.108. The number of anilines is 1. The molecular weight excluding hydrogens is 374 g/mol. The Kier molecular flexibility index (Phi) is 5.64. The smallest absolute Gasteiger partial charge is 0.308 e. The number of hydrogen-bond acceptors (Lipinski definition) is 5. The molecule has 0 bridgehead atoms. The van der Waals surface area contributed by atoms with Gasteiger partial charge in [-0.1, -0.05) is 23.7 Å². The summed E-state index contributed by atoms with van der Waals surface area (Å²) in [7, 11) is 0. The standard InChI is InChI=1S/C19H16ClNO4S/c1-11(18(23)12-6-8-13(20)9-7-12)25-17(22)10-16-19(24)21-14-4-2-3-5-15(14)26-16/h2-9,11,16H,10H2,1H3,(H,21,24)/t11-,16+/m1/s1. The van der Waals surface area contributed by atoms with Crippen LogP contribution in [-0.4, -0.2) is 29.0 Å². The highest BCUT2D eigenvalue weighted by Crippen LogP contribution is 2.36. The number of ketones is 1. The van der Waals surface area contributed by atoms with Gasteiger partial charge in [0.25, 0.3) is 0 Å². The molecule has 1 amide bonds. The molecule has 0 radical (unpaired) electrons. The Bertz CT molecular complexity index is 853. The van der Waals surface area contributed by atoms with Gasteiger partial charge >= 0.3 is 5.97 Å². The van der Waals surface area contributed by atoms with Crippen LogP contribution in [0.25, 0.3) is 0 Å². The van der Waals surface area contributed by atoms with Crippen LogP contribution >= 0.6 is 23.4 Å². The Hall–Kier alpha value is -2.31. The highest BCUT2D eigenvalue weighted by molar-refractivity contribution is 8.01. The van der Waals surface area contributed by atoms with Gasteiger partial charge in [0, 0.05) is 15.5 Å². The first-order valence-corrected chi connectivity index (χ1v) is 9.25. The van der Waals surface area contributed by atoms with Gasteiger partial charge in [-0.3, -0.25) is 14.4 Å². The molecule has 134 valence electrons. The van der Waals surface area contributed by atoms with Crippen LogP contribution in [0.4, 0.5) is 5.69 Å². The van der Waals surface area contributed by atoms with Gasteiger partial charge in [0.15, 0.2) is 6.10 Å². The van der Waals surface area contributed by atoms with Gasteiger partial charge in [-0.25, -0.2) is 0 Å². The lowest BCUT2D eigenvalue weighted by Gasteiger charge is -2.23. The average Bonchev–Trinajstić information content (AvgIpc) is 2.62. The number of esters is 1. The van der Waals surface area contributed by atoms with Gasteiger partial charge in [0.1, 0.15) is 0 Å². The van der Waals surface area contributed by atoms with E-state index in [0.717, 1.165) is 10.6 Å². The van der Waals surface area contributed by atoms with E-state index in [-0.39, 0.29) is 18.1 Å². The summed E-state index contributed by atoms with van der Waals surface area (Å²) in [4.78, 5) is 37.5. The number of benzene rings is 2. The second-order valence-electron chi connectivity index (χ2n) is 5.80. The van der Waals surface area contributed by atoms with Crippen molar-refractivity contribution in [3.8, 4) is 0 Å². The summed E-state index contributed by atoms with van der Waals surface area (Å²) in [5, 5.41) is 2.71. The minimum Gasteiger partial charge on any atom is -0.454 e. The lowest BCUT2D eigenvalue weighted by molar-refractivity contribution is -0.147. The normalized spacial score (nSPS) is 17.0. The zero-order valence-electron chi connectivity index (χ0n) is 13.9.